The number of aromatic nitrogens is 2. The first-order valence-corrected chi connectivity index (χ1v) is 12.1. The lowest BCUT2D eigenvalue weighted by atomic mass is 9.92. The first-order chi connectivity index (χ1) is 16.6. The Bertz CT molecular complexity index is 1160. The fourth-order valence-corrected chi connectivity index (χ4v) is 3.75. The summed E-state index contributed by atoms with van der Waals surface area (Å²) in [5, 5.41) is 10.8. The Hall–Kier alpha value is -3.61. The highest BCUT2D eigenvalue weighted by Gasteiger charge is 2.23. The molecule has 0 saturated carbocycles. The highest BCUT2D eigenvalue weighted by atomic mass is 16.2. The molecule has 0 saturated heterocycles. The van der Waals surface area contributed by atoms with Gasteiger partial charge in [0.05, 0.1) is 11.4 Å². The molecule has 3 amide bonds. The van der Waals surface area contributed by atoms with Gasteiger partial charge < -0.3 is 15.5 Å². The molecule has 1 heterocycles. The zero-order valence-electron chi connectivity index (χ0n) is 21.7. The molecule has 0 aliphatic heterocycles. The minimum atomic E-state index is -0.264. The summed E-state index contributed by atoms with van der Waals surface area (Å²) in [5.41, 5.74) is 4.86. The maximum atomic E-state index is 13.1. The minimum Gasteiger partial charge on any atom is -0.334 e. The van der Waals surface area contributed by atoms with Crippen LogP contribution in [0.5, 0.6) is 0 Å². The number of carbonyl (C=O) groups excluding carboxylic acids is 2. The van der Waals surface area contributed by atoms with E-state index in [1.165, 1.54) is 0 Å². The molecule has 3 rings (SSSR count). The minimum absolute atomic E-state index is 0.0444. The Morgan fingerprint density at radius 3 is 2.40 bits per heavy atom. The van der Waals surface area contributed by atoms with Crippen LogP contribution in [0.3, 0.4) is 0 Å². The Morgan fingerprint density at radius 2 is 1.74 bits per heavy atom. The first kappa shape index (κ1) is 26.0. The van der Waals surface area contributed by atoms with E-state index in [2.05, 4.69) is 51.3 Å². The summed E-state index contributed by atoms with van der Waals surface area (Å²) in [6, 6.07) is 17.4. The quantitative estimate of drug-likeness (QED) is 0.461. The van der Waals surface area contributed by atoms with Crippen LogP contribution in [-0.4, -0.2) is 39.7 Å². The smallest absolute Gasteiger partial charge is 0.318 e. The maximum Gasteiger partial charge on any atom is 0.318 e. The van der Waals surface area contributed by atoms with Gasteiger partial charge in [-0.2, -0.15) is 5.10 Å². The molecular weight excluding hydrogens is 438 g/mol. The van der Waals surface area contributed by atoms with Crippen molar-refractivity contribution in [2.45, 2.75) is 59.9 Å². The Kier molecular flexibility index (Phi) is 8.33. The van der Waals surface area contributed by atoms with Crippen molar-refractivity contribution in [3.63, 3.8) is 0 Å². The van der Waals surface area contributed by atoms with Crippen molar-refractivity contribution < 1.29 is 9.59 Å². The predicted molar refractivity (Wildman–Crippen MR) is 141 cm³/mol. The Morgan fingerprint density at radius 1 is 1.03 bits per heavy atom. The molecule has 1 aromatic heterocycles. The van der Waals surface area contributed by atoms with Gasteiger partial charge in [-0.05, 0) is 43.0 Å². The molecule has 7 nitrogen and oxygen atoms in total. The highest BCUT2D eigenvalue weighted by molar-refractivity contribution is 5.94. The number of anilines is 1. The average molecular weight is 476 g/mol. The molecule has 0 unspecified atom stereocenters. The summed E-state index contributed by atoms with van der Waals surface area (Å²) < 4.78 is 1.79. The number of benzene rings is 2. The maximum absolute atomic E-state index is 13.1. The van der Waals surface area contributed by atoms with Crippen LogP contribution in [0.25, 0.3) is 5.69 Å². The number of carbonyl (C=O) groups is 2. The van der Waals surface area contributed by atoms with Crippen molar-refractivity contribution >= 4 is 17.8 Å². The third-order valence-corrected chi connectivity index (χ3v) is 5.95. The lowest BCUT2D eigenvalue weighted by Gasteiger charge is -2.22. The van der Waals surface area contributed by atoms with Gasteiger partial charge >= 0.3 is 6.03 Å². The van der Waals surface area contributed by atoms with Crippen LogP contribution in [-0.2, 0) is 16.8 Å². The molecule has 3 aromatic rings. The second kappa shape index (κ2) is 11.2. The second-order valence-corrected chi connectivity index (χ2v) is 9.91. The van der Waals surface area contributed by atoms with Crippen LogP contribution < -0.4 is 10.6 Å². The van der Waals surface area contributed by atoms with Crippen LogP contribution in [0.2, 0.25) is 0 Å². The summed E-state index contributed by atoms with van der Waals surface area (Å²) in [6.45, 7) is 13.2. The standard InChI is InChI=1S/C28H37N5O2/c1-7-16-32(27(35)29-18-22-13-9-8-10-14-22)19-26(34)30-25-17-24(28(4,5)6)31-33(25)23-15-11-12-20(2)21(23)3/h8-15,17H,7,16,18-19H2,1-6H3,(H,29,35)(H,30,34). The van der Waals surface area contributed by atoms with Gasteiger partial charge in [-0.25, -0.2) is 9.48 Å². The van der Waals surface area contributed by atoms with Crippen molar-refractivity contribution in [1.82, 2.24) is 20.0 Å². The Balaban J connectivity index is 1.78. The number of nitrogens with one attached hydrogen (secondary N) is 2. The predicted octanol–water partition coefficient (Wildman–Crippen LogP) is 5.35. The fourth-order valence-electron chi connectivity index (χ4n) is 3.75. The molecule has 0 fully saturated rings. The third kappa shape index (κ3) is 6.72. The van der Waals surface area contributed by atoms with Crippen molar-refractivity contribution in [2.24, 2.45) is 0 Å². The summed E-state index contributed by atoms with van der Waals surface area (Å²) in [4.78, 5) is 27.5. The van der Waals surface area contributed by atoms with Gasteiger partial charge in [0.2, 0.25) is 5.91 Å². The number of rotatable bonds is 8. The number of hydrogen-bond donors (Lipinski definition) is 2. The largest absolute Gasteiger partial charge is 0.334 e. The van der Waals surface area contributed by atoms with Crippen molar-refractivity contribution in [3.05, 3.63) is 77.0 Å². The Labute approximate surface area is 208 Å². The van der Waals surface area contributed by atoms with E-state index in [4.69, 9.17) is 5.10 Å². The molecule has 7 heteroatoms. The lowest BCUT2D eigenvalue weighted by Crippen LogP contribution is -2.44. The SMILES string of the molecule is CCCN(CC(=O)Nc1cc(C(C)(C)C)nn1-c1cccc(C)c1C)C(=O)NCc1ccccc1. The van der Waals surface area contributed by atoms with Gasteiger partial charge in [-0.3, -0.25) is 4.79 Å². The van der Waals surface area contributed by atoms with Crippen LogP contribution >= 0.6 is 0 Å². The topological polar surface area (TPSA) is 79.3 Å². The van der Waals surface area contributed by atoms with Gasteiger partial charge in [0.15, 0.2) is 0 Å². The van der Waals surface area contributed by atoms with E-state index in [1.807, 2.05) is 55.5 Å². The average Bonchev–Trinajstić information content (AvgIpc) is 3.23. The normalized spacial score (nSPS) is 11.3. The summed E-state index contributed by atoms with van der Waals surface area (Å²) in [5.74, 6) is 0.329. The molecule has 0 atom stereocenters. The molecular formula is C28H37N5O2. The van der Waals surface area contributed by atoms with Gasteiger partial charge in [0, 0.05) is 24.6 Å². The van der Waals surface area contributed by atoms with E-state index in [9.17, 15) is 9.59 Å². The summed E-state index contributed by atoms with van der Waals surface area (Å²) in [7, 11) is 0. The zero-order chi connectivity index (χ0) is 25.6. The number of hydrogen-bond acceptors (Lipinski definition) is 3. The van der Waals surface area contributed by atoms with E-state index < -0.39 is 0 Å². The molecule has 2 N–H and O–H groups in total. The van der Waals surface area contributed by atoms with Crippen molar-refractivity contribution in [3.8, 4) is 5.69 Å². The molecule has 186 valence electrons. The zero-order valence-corrected chi connectivity index (χ0v) is 21.7. The van der Waals surface area contributed by atoms with E-state index in [-0.39, 0.29) is 23.9 Å². The monoisotopic (exact) mass is 475 g/mol. The fraction of sp³-hybridized carbons (Fsp3) is 0.393. The van der Waals surface area contributed by atoms with Gasteiger partial charge in [-0.15, -0.1) is 0 Å². The van der Waals surface area contributed by atoms with Crippen molar-refractivity contribution in [2.75, 3.05) is 18.4 Å². The molecule has 0 spiro atoms. The van der Waals surface area contributed by atoms with Gasteiger partial charge in [-0.1, -0.05) is 70.2 Å². The number of nitrogens with zero attached hydrogens (tertiary/aromatic N) is 3. The molecule has 35 heavy (non-hydrogen) atoms. The van der Waals surface area contributed by atoms with Crippen LogP contribution in [0.15, 0.2) is 54.6 Å². The van der Waals surface area contributed by atoms with Gasteiger partial charge in [0.25, 0.3) is 0 Å². The van der Waals surface area contributed by atoms with E-state index in [1.54, 1.807) is 9.58 Å². The lowest BCUT2D eigenvalue weighted by molar-refractivity contribution is -0.116. The van der Waals surface area contributed by atoms with Crippen LogP contribution in [0.4, 0.5) is 10.6 Å². The molecule has 0 aliphatic carbocycles. The van der Waals surface area contributed by atoms with E-state index in [0.717, 1.165) is 34.5 Å². The van der Waals surface area contributed by atoms with E-state index >= 15 is 0 Å². The number of amides is 3. The highest BCUT2D eigenvalue weighted by Crippen LogP contribution is 2.28. The van der Waals surface area contributed by atoms with Crippen LogP contribution in [0.1, 0.15) is 56.5 Å². The molecule has 0 radical (unpaired) electrons. The molecule has 0 aliphatic rings. The number of aryl methyl sites for hydroxylation is 1. The molecule has 0 bridgehead atoms. The van der Waals surface area contributed by atoms with E-state index in [0.29, 0.717) is 18.9 Å². The van der Waals surface area contributed by atoms with Crippen LogP contribution in [0, 0.1) is 13.8 Å². The second-order valence-electron chi connectivity index (χ2n) is 9.91. The summed E-state index contributed by atoms with van der Waals surface area (Å²) >= 11 is 0. The third-order valence-electron chi connectivity index (χ3n) is 5.95. The first-order valence-electron chi connectivity index (χ1n) is 12.1. The molecule has 2 aromatic carbocycles. The van der Waals surface area contributed by atoms with Gasteiger partial charge in [0.1, 0.15) is 12.4 Å². The van der Waals surface area contributed by atoms with Crippen molar-refractivity contribution in [1.29, 1.82) is 0 Å². The summed E-state index contributed by atoms with van der Waals surface area (Å²) in [6.07, 6.45) is 0.751. The number of urea groups is 1.